The van der Waals surface area contributed by atoms with E-state index in [1.54, 1.807) is 0 Å². The lowest BCUT2D eigenvalue weighted by Gasteiger charge is -2.22. The average molecular weight is 341 g/mol. The van der Waals surface area contributed by atoms with Crippen LogP contribution in [0, 0.1) is 5.92 Å². The quantitative estimate of drug-likeness (QED) is 0.473. The van der Waals surface area contributed by atoms with Gasteiger partial charge in [0.25, 0.3) is 0 Å². The van der Waals surface area contributed by atoms with Gasteiger partial charge < -0.3 is 10.2 Å². The van der Waals surface area contributed by atoms with Gasteiger partial charge in [0.15, 0.2) is 5.96 Å². The van der Waals surface area contributed by atoms with Gasteiger partial charge in [0, 0.05) is 26.7 Å². The third kappa shape index (κ3) is 9.24. The van der Waals surface area contributed by atoms with Crippen LogP contribution in [-0.2, 0) is 0 Å². The zero-order valence-electron chi connectivity index (χ0n) is 11.6. The Labute approximate surface area is 118 Å². The molecule has 0 aromatic heterocycles. The molecule has 0 aliphatic rings. The molecular formula is C12H28IN3. The zero-order valence-corrected chi connectivity index (χ0v) is 13.9. The summed E-state index contributed by atoms with van der Waals surface area (Å²) in [6.07, 6.45) is 2.47. The van der Waals surface area contributed by atoms with Crippen molar-refractivity contribution in [1.82, 2.24) is 10.2 Å². The van der Waals surface area contributed by atoms with Crippen molar-refractivity contribution in [3.63, 3.8) is 0 Å². The zero-order chi connectivity index (χ0) is 11.8. The van der Waals surface area contributed by atoms with E-state index in [1.165, 1.54) is 12.8 Å². The number of rotatable bonds is 5. The molecule has 0 aromatic carbocycles. The van der Waals surface area contributed by atoms with E-state index in [0.29, 0.717) is 6.04 Å². The molecule has 16 heavy (non-hydrogen) atoms. The first-order valence-corrected chi connectivity index (χ1v) is 5.95. The molecule has 0 aliphatic carbocycles. The third-order valence-electron chi connectivity index (χ3n) is 2.28. The van der Waals surface area contributed by atoms with Gasteiger partial charge in [-0.25, -0.2) is 0 Å². The molecule has 0 spiro atoms. The van der Waals surface area contributed by atoms with Crippen LogP contribution in [0.4, 0.5) is 0 Å². The molecule has 0 heterocycles. The van der Waals surface area contributed by atoms with E-state index in [4.69, 9.17) is 0 Å². The van der Waals surface area contributed by atoms with E-state index in [1.807, 2.05) is 19.0 Å². The van der Waals surface area contributed by atoms with Crippen molar-refractivity contribution in [2.75, 3.05) is 20.6 Å². The Kier molecular flexibility index (Phi) is 11.7. The largest absolute Gasteiger partial charge is 0.354 e. The highest BCUT2D eigenvalue weighted by Crippen LogP contribution is 2.06. The minimum atomic E-state index is 0. The van der Waals surface area contributed by atoms with E-state index < -0.39 is 0 Å². The van der Waals surface area contributed by atoms with Crippen LogP contribution in [0.1, 0.15) is 40.5 Å². The molecule has 0 saturated heterocycles. The van der Waals surface area contributed by atoms with E-state index in [-0.39, 0.29) is 24.0 Å². The predicted octanol–water partition coefficient (Wildman–Crippen LogP) is 2.96. The monoisotopic (exact) mass is 341 g/mol. The summed E-state index contributed by atoms with van der Waals surface area (Å²) in [6.45, 7) is 9.64. The summed E-state index contributed by atoms with van der Waals surface area (Å²) < 4.78 is 0. The summed E-state index contributed by atoms with van der Waals surface area (Å²) in [7, 11) is 4.05. The number of hydrogen-bond donors (Lipinski definition) is 1. The van der Waals surface area contributed by atoms with E-state index >= 15 is 0 Å². The molecule has 0 fully saturated rings. The van der Waals surface area contributed by atoms with Gasteiger partial charge in [-0.05, 0) is 32.6 Å². The molecular weight excluding hydrogens is 313 g/mol. The van der Waals surface area contributed by atoms with E-state index in [2.05, 4.69) is 38.0 Å². The van der Waals surface area contributed by atoms with Gasteiger partial charge in [-0.1, -0.05) is 13.8 Å². The van der Waals surface area contributed by atoms with Crippen molar-refractivity contribution in [3.05, 3.63) is 0 Å². The van der Waals surface area contributed by atoms with Gasteiger partial charge in [0.2, 0.25) is 0 Å². The molecule has 0 bridgehead atoms. The Bertz CT molecular complexity index is 191. The van der Waals surface area contributed by atoms with Crippen LogP contribution < -0.4 is 5.32 Å². The van der Waals surface area contributed by atoms with E-state index in [0.717, 1.165) is 18.4 Å². The van der Waals surface area contributed by atoms with Gasteiger partial charge >= 0.3 is 0 Å². The summed E-state index contributed by atoms with van der Waals surface area (Å²) in [5.41, 5.74) is 0. The second-order valence-corrected chi connectivity index (χ2v) is 4.71. The second-order valence-electron chi connectivity index (χ2n) is 4.71. The number of nitrogens with zero attached hydrogens (tertiary/aromatic N) is 2. The Morgan fingerprint density at radius 2 is 1.75 bits per heavy atom. The minimum Gasteiger partial charge on any atom is -0.354 e. The van der Waals surface area contributed by atoms with Crippen molar-refractivity contribution in [1.29, 1.82) is 0 Å². The normalized spacial score (nSPS) is 13.3. The minimum absolute atomic E-state index is 0. The third-order valence-corrected chi connectivity index (χ3v) is 2.28. The van der Waals surface area contributed by atoms with Crippen molar-refractivity contribution >= 4 is 29.9 Å². The first-order chi connectivity index (χ1) is 6.97. The summed E-state index contributed by atoms with van der Waals surface area (Å²) in [5.74, 6) is 1.77. The molecule has 0 rings (SSSR count). The van der Waals surface area contributed by atoms with E-state index in [9.17, 15) is 0 Å². The maximum absolute atomic E-state index is 4.42. The van der Waals surface area contributed by atoms with Gasteiger partial charge in [-0.15, -0.1) is 24.0 Å². The molecule has 1 atom stereocenters. The predicted molar refractivity (Wildman–Crippen MR) is 83.7 cm³/mol. The molecule has 3 nitrogen and oxygen atoms in total. The number of halogens is 1. The van der Waals surface area contributed by atoms with Gasteiger partial charge in [0.1, 0.15) is 0 Å². The van der Waals surface area contributed by atoms with Crippen LogP contribution in [0.25, 0.3) is 0 Å². The second kappa shape index (κ2) is 10.2. The summed E-state index contributed by atoms with van der Waals surface area (Å²) in [5, 5.41) is 3.45. The fourth-order valence-corrected chi connectivity index (χ4v) is 1.34. The molecule has 4 heteroatoms. The van der Waals surface area contributed by atoms with Crippen LogP contribution >= 0.6 is 24.0 Å². The molecule has 0 radical (unpaired) electrons. The summed E-state index contributed by atoms with van der Waals surface area (Å²) >= 11 is 0. The number of guanidine groups is 1. The highest BCUT2D eigenvalue weighted by atomic mass is 127. The smallest absolute Gasteiger partial charge is 0.193 e. The highest BCUT2D eigenvalue weighted by molar-refractivity contribution is 14.0. The standard InChI is InChI=1S/C12H27N3.HI/c1-7-13-12(15(5)6)14-11(4)9-8-10(2)3;/h10-11H,7-9H2,1-6H3,(H,13,14);1H. The van der Waals surface area contributed by atoms with Gasteiger partial charge in [-0.2, -0.15) is 0 Å². The van der Waals surface area contributed by atoms with Gasteiger partial charge in [0.05, 0.1) is 0 Å². The average Bonchev–Trinajstić information content (AvgIpc) is 2.14. The Morgan fingerprint density at radius 3 is 2.12 bits per heavy atom. The number of hydrogen-bond acceptors (Lipinski definition) is 1. The molecule has 1 N–H and O–H groups in total. The van der Waals surface area contributed by atoms with Crippen LogP contribution in [-0.4, -0.2) is 37.5 Å². The highest BCUT2D eigenvalue weighted by Gasteiger charge is 2.07. The lowest BCUT2D eigenvalue weighted by molar-refractivity contribution is 0.472. The van der Waals surface area contributed by atoms with Gasteiger partial charge in [-0.3, -0.25) is 4.99 Å². The van der Waals surface area contributed by atoms with Crippen molar-refractivity contribution in [2.24, 2.45) is 10.9 Å². The maximum atomic E-state index is 4.42. The van der Waals surface area contributed by atoms with Crippen LogP contribution in [0.2, 0.25) is 0 Å². The molecule has 98 valence electrons. The Hall–Kier alpha value is 0. The SMILES string of the molecule is CCN=C(NC(C)CCC(C)C)N(C)C.I. The molecule has 0 aliphatic heterocycles. The maximum Gasteiger partial charge on any atom is 0.193 e. The molecule has 0 saturated carbocycles. The Balaban J connectivity index is 0. The number of aliphatic imine (C=N–C) groups is 1. The Morgan fingerprint density at radius 1 is 1.19 bits per heavy atom. The molecule has 0 amide bonds. The van der Waals surface area contributed by atoms with Crippen LogP contribution in [0.15, 0.2) is 4.99 Å². The molecule has 1 unspecified atom stereocenters. The van der Waals surface area contributed by atoms with Crippen molar-refractivity contribution in [2.45, 2.75) is 46.6 Å². The summed E-state index contributed by atoms with van der Waals surface area (Å²) in [4.78, 5) is 6.46. The topological polar surface area (TPSA) is 27.6 Å². The van der Waals surface area contributed by atoms with Crippen molar-refractivity contribution < 1.29 is 0 Å². The van der Waals surface area contributed by atoms with Crippen LogP contribution in [0.3, 0.4) is 0 Å². The number of nitrogens with one attached hydrogen (secondary N) is 1. The fourth-order valence-electron chi connectivity index (χ4n) is 1.34. The first-order valence-electron chi connectivity index (χ1n) is 5.95. The lowest BCUT2D eigenvalue weighted by atomic mass is 10.0. The lowest BCUT2D eigenvalue weighted by Crippen LogP contribution is -2.41. The molecule has 0 aromatic rings. The first kappa shape index (κ1) is 18.4. The van der Waals surface area contributed by atoms with Crippen molar-refractivity contribution in [3.8, 4) is 0 Å². The fraction of sp³-hybridized carbons (Fsp3) is 0.917. The van der Waals surface area contributed by atoms with Crippen LogP contribution in [0.5, 0.6) is 0 Å². The summed E-state index contributed by atoms with van der Waals surface area (Å²) in [6, 6.07) is 0.500.